The maximum absolute atomic E-state index is 13.3. The number of hydrogen-bond acceptors (Lipinski definition) is 16. The van der Waals surface area contributed by atoms with E-state index in [1.54, 1.807) is 24.3 Å². The van der Waals surface area contributed by atoms with Gasteiger partial charge < -0.3 is 48.5 Å². The molecule has 24 heteroatoms. The van der Waals surface area contributed by atoms with Crippen molar-refractivity contribution in [3.63, 3.8) is 0 Å². The molecule has 0 saturated carbocycles. The van der Waals surface area contributed by atoms with E-state index in [1.807, 2.05) is 45.8 Å². The van der Waals surface area contributed by atoms with Gasteiger partial charge >= 0.3 is 24.3 Å². The number of fused-ring (bicyclic) bond motifs is 6. The fraction of sp³-hybridized carbons (Fsp3) is 0.542. The lowest BCUT2D eigenvalue weighted by molar-refractivity contribution is -0.946. The molecule has 2 N–H and O–H groups in total. The third kappa shape index (κ3) is 14.6. The van der Waals surface area contributed by atoms with Crippen LogP contribution in [0.3, 0.4) is 0 Å². The standard InChI is InChI=1S/2C22H27N2O3S2.2C2HF3O2/c2*23-10-2-1-3-11-24-12-8-17(9-13-24)18(16-24)27-21(25)22(26,19-6-4-14-28-19)20-7-5-15-29-20;2*3-2(4,5)1(6)7/h2*4-7,14-15,17-18,26H,1-3,8-9,11-13,16H2;2*(H,6,7)/q2*+1;;/p-2/t2*17?,18-,24?;;/m00../s1. The van der Waals surface area contributed by atoms with Gasteiger partial charge in [-0.25, -0.2) is 9.59 Å². The van der Waals surface area contributed by atoms with Crippen molar-refractivity contribution in [1.29, 1.82) is 10.5 Å². The maximum Gasteiger partial charge on any atom is 0.430 e. The molecule has 6 saturated heterocycles. The van der Waals surface area contributed by atoms with Gasteiger partial charge in [0.2, 0.25) is 11.2 Å². The first-order valence-corrected chi connectivity index (χ1v) is 26.6. The third-order valence-electron chi connectivity index (χ3n) is 13.5. The Hall–Kier alpha value is -4.92. The van der Waals surface area contributed by atoms with Crippen LogP contribution >= 0.6 is 45.3 Å². The number of nitrogens with zero attached hydrogens (tertiary/aromatic N) is 4. The summed E-state index contributed by atoms with van der Waals surface area (Å²) < 4.78 is 77.2. The molecule has 72 heavy (non-hydrogen) atoms. The summed E-state index contributed by atoms with van der Waals surface area (Å²) in [7, 11) is 0. The summed E-state index contributed by atoms with van der Waals surface area (Å²) >= 11 is 5.50. The number of rotatable bonds is 16. The van der Waals surface area contributed by atoms with E-state index in [0.717, 1.165) is 113 Å². The Balaban J connectivity index is 0.000000212. The lowest BCUT2D eigenvalue weighted by Crippen LogP contribution is -2.65. The number of esters is 2. The van der Waals surface area contributed by atoms with Gasteiger partial charge in [0, 0.05) is 50.4 Å². The van der Waals surface area contributed by atoms with Gasteiger partial charge in [-0.05, 0) is 71.5 Å². The van der Waals surface area contributed by atoms with Crippen molar-refractivity contribution in [2.45, 2.75) is 100.0 Å². The summed E-state index contributed by atoms with van der Waals surface area (Å²) in [5.74, 6) is -6.35. The molecule has 6 aliphatic heterocycles. The Morgan fingerprint density at radius 2 is 0.847 bits per heavy atom. The van der Waals surface area contributed by atoms with Gasteiger partial charge in [0.1, 0.15) is 25.0 Å². The number of carboxylic acid groups (broad SMARTS) is 2. The molecular weight excluding hydrogens is 1030 g/mol. The number of aliphatic carboxylic acids is 2. The minimum Gasteiger partial charge on any atom is -0.542 e. The number of alkyl halides is 6. The predicted octanol–water partition coefficient (Wildman–Crippen LogP) is 6.38. The van der Waals surface area contributed by atoms with Crippen LogP contribution in [0.5, 0.6) is 0 Å². The molecule has 0 spiro atoms. The first kappa shape index (κ1) is 58.0. The Morgan fingerprint density at radius 3 is 1.07 bits per heavy atom. The Labute approximate surface area is 428 Å². The van der Waals surface area contributed by atoms with E-state index in [1.165, 1.54) is 45.3 Å². The third-order valence-corrected chi connectivity index (χ3v) is 17.4. The number of thiophene rings is 4. The number of unbranched alkanes of at least 4 members (excludes halogenated alkanes) is 4. The highest BCUT2D eigenvalue weighted by Crippen LogP contribution is 2.43. The summed E-state index contributed by atoms with van der Waals surface area (Å²) in [5, 5.41) is 65.6. The van der Waals surface area contributed by atoms with E-state index in [-0.39, 0.29) is 12.2 Å². The summed E-state index contributed by atoms with van der Waals surface area (Å²) in [4.78, 5) is 46.6. The minimum atomic E-state index is -5.19. The highest BCUT2D eigenvalue weighted by molar-refractivity contribution is 7.12. The van der Waals surface area contributed by atoms with Gasteiger partial charge in [0.15, 0.2) is 12.2 Å². The van der Waals surface area contributed by atoms with Crippen LogP contribution in [0.2, 0.25) is 0 Å². The van der Waals surface area contributed by atoms with Crippen LogP contribution in [-0.2, 0) is 39.9 Å². The molecule has 10 heterocycles. The maximum atomic E-state index is 13.3. The molecule has 0 unspecified atom stereocenters. The number of halogens is 6. The van der Waals surface area contributed by atoms with Gasteiger partial charge in [-0.15, -0.1) is 45.3 Å². The van der Waals surface area contributed by atoms with Crippen molar-refractivity contribution in [3.8, 4) is 12.1 Å². The van der Waals surface area contributed by atoms with E-state index >= 15 is 0 Å². The number of ether oxygens (including phenoxy) is 2. The average molecular weight is 1090 g/mol. The average Bonchev–Trinajstić information content (AvgIpc) is 4.22. The number of nitriles is 2. The quantitative estimate of drug-likeness (QED) is 0.0540. The second-order valence-corrected chi connectivity index (χ2v) is 21.9. The van der Waals surface area contributed by atoms with E-state index < -0.39 is 47.4 Å². The lowest BCUT2D eigenvalue weighted by atomic mass is 9.82. The van der Waals surface area contributed by atoms with Gasteiger partial charge in [-0.2, -0.15) is 36.9 Å². The first-order valence-electron chi connectivity index (χ1n) is 23.1. The Kier molecular flexibility index (Phi) is 20.4. The second kappa shape index (κ2) is 25.3. The summed E-state index contributed by atoms with van der Waals surface area (Å²) in [6.45, 7) is 8.26. The normalized spacial score (nSPS) is 23.3. The minimum absolute atomic E-state index is 0.146. The molecular formula is C48H54F6N4O10S4. The number of carbonyl (C=O) groups excluding carboxylic acids is 4. The molecule has 6 fully saturated rings. The summed E-state index contributed by atoms with van der Waals surface area (Å²) in [6.07, 6.45) is -1.29. The second-order valence-electron chi connectivity index (χ2n) is 18.1. The van der Waals surface area contributed by atoms with Crippen molar-refractivity contribution >= 4 is 69.2 Å². The topological polar surface area (TPSA) is 221 Å². The molecule has 0 amide bonds. The number of carbonyl (C=O) groups is 4. The van der Waals surface area contributed by atoms with Crippen LogP contribution in [0.4, 0.5) is 26.3 Å². The van der Waals surface area contributed by atoms with Crippen LogP contribution in [0.15, 0.2) is 70.1 Å². The monoisotopic (exact) mass is 1090 g/mol. The van der Waals surface area contributed by atoms with E-state index in [0.29, 0.717) is 44.2 Å². The molecule has 392 valence electrons. The molecule has 6 aliphatic rings. The predicted molar refractivity (Wildman–Crippen MR) is 249 cm³/mol. The van der Waals surface area contributed by atoms with Gasteiger partial charge in [-0.3, -0.25) is 0 Å². The van der Waals surface area contributed by atoms with E-state index in [2.05, 4.69) is 12.1 Å². The molecule has 0 aromatic carbocycles. The number of carboxylic acids is 2. The first-order chi connectivity index (χ1) is 34.0. The SMILES string of the molecule is N#CCCCC[N+]12CCC(CC1)[C@@H](OC(=O)C(O)(c1cccs1)c1cccs1)C2.N#CCCCC[N+]12CCC(CC1)[C@@H](OC(=O)C(O)(c1cccs1)c1cccs1)C2.O=C([O-])C(F)(F)F.O=C([O-])C(F)(F)F. The van der Waals surface area contributed by atoms with Gasteiger partial charge in [-0.1, -0.05) is 24.3 Å². The van der Waals surface area contributed by atoms with E-state index in [9.17, 15) is 46.1 Å². The molecule has 14 nitrogen and oxygen atoms in total. The Morgan fingerprint density at radius 1 is 0.569 bits per heavy atom. The van der Waals surface area contributed by atoms with Crippen LogP contribution in [0.25, 0.3) is 0 Å². The van der Waals surface area contributed by atoms with Crippen molar-refractivity contribution < 1.29 is 84.4 Å². The van der Waals surface area contributed by atoms with Crippen molar-refractivity contribution in [3.05, 3.63) is 89.6 Å². The number of piperidine rings is 6. The highest BCUT2D eigenvalue weighted by atomic mass is 32.1. The van der Waals surface area contributed by atoms with Crippen molar-refractivity contribution in [2.75, 3.05) is 52.4 Å². The number of hydrogen-bond donors (Lipinski definition) is 2. The molecule has 4 aromatic rings. The molecule has 0 radical (unpaired) electrons. The molecule has 10 rings (SSSR count). The Bertz CT molecular complexity index is 2190. The zero-order valence-electron chi connectivity index (χ0n) is 38.8. The largest absolute Gasteiger partial charge is 0.542 e. The van der Waals surface area contributed by atoms with Crippen molar-refractivity contribution in [1.82, 2.24) is 0 Å². The van der Waals surface area contributed by atoms with Crippen LogP contribution in [0, 0.1) is 34.5 Å². The fourth-order valence-electron chi connectivity index (χ4n) is 9.67. The number of aliphatic hydroxyl groups is 2. The van der Waals surface area contributed by atoms with Crippen LogP contribution < -0.4 is 10.2 Å². The van der Waals surface area contributed by atoms with Gasteiger partial charge in [0.25, 0.3) is 0 Å². The van der Waals surface area contributed by atoms with Crippen LogP contribution in [0.1, 0.15) is 83.7 Å². The highest BCUT2D eigenvalue weighted by Gasteiger charge is 2.53. The van der Waals surface area contributed by atoms with E-state index in [4.69, 9.17) is 39.8 Å². The zero-order chi connectivity index (χ0) is 52.8. The van der Waals surface area contributed by atoms with Gasteiger partial charge in [0.05, 0.1) is 70.9 Å². The van der Waals surface area contributed by atoms with Crippen molar-refractivity contribution in [2.24, 2.45) is 11.8 Å². The lowest BCUT2D eigenvalue weighted by Gasteiger charge is -2.52. The fourth-order valence-corrected chi connectivity index (χ4v) is 13.1. The number of quaternary nitrogens is 2. The smallest absolute Gasteiger partial charge is 0.430 e. The molecule has 4 bridgehead atoms. The summed E-state index contributed by atoms with van der Waals surface area (Å²) in [6, 6.07) is 19.0. The zero-order valence-corrected chi connectivity index (χ0v) is 42.1. The van der Waals surface area contributed by atoms with Crippen LogP contribution in [-0.4, -0.2) is 120 Å². The molecule has 4 aromatic heterocycles. The molecule has 0 aliphatic carbocycles. The molecule has 2 atom stereocenters. The summed E-state index contributed by atoms with van der Waals surface area (Å²) in [5.41, 5.74) is -3.46.